The summed E-state index contributed by atoms with van der Waals surface area (Å²) >= 11 is 0. The van der Waals surface area contributed by atoms with E-state index in [1.54, 1.807) is 18.2 Å². The first kappa shape index (κ1) is 18.9. The van der Waals surface area contributed by atoms with Crippen molar-refractivity contribution in [1.82, 2.24) is 0 Å². The molecule has 0 bridgehead atoms. The van der Waals surface area contributed by atoms with Crippen molar-refractivity contribution >= 4 is 27.3 Å². The Hall–Kier alpha value is -3.39. The molecule has 0 fully saturated rings. The molecule has 3 aromatic rings. The number of hydrogen-bond acceptors (Lipinski definition) is 4. The van der Waals surface area contributed by atoms with Crippen LogP contribution in [0.15, 0.2) is 60.7 Å². The number of amides is 1. The third-order valence-corrected chi connectivity index (χ3v) is 5.64. The summed E-state index contributed by atoms with van der Waals surface area (Å²) < 4.78 is 46.9. The predicted molar refractivity (Wildman–Crippen MR) is 108 cm³/mol. The van der Waals surface area contributed by atoms with Gasteiger partial charge in [-0.15, -0.1) is 0 Å². The minimum Gasteiger partial charge on any atom is -0.454 e. The first-order valence-corrected chi connectivity index (χ1v) is 10.4. The standard InChI is InChI=1S/C21H17FN2O4S/c1-13-6-8-20-18(10-13)23-21(25)16-11-15(7-9-19(16)28-20)24-29(26,27)12-14-4-2-3-5-17(14)22/h2-11,24H,12H2,1H3,(H,23,25). The Morgan fingerprint density at radius 3 is 2.59 bits per heavy atom. The van der Waals surface area contributed by atoms with E-state index < -0.39 is 27.5 Å². The summed E-state index contributed by atoms with van der Waals surface area (Å²) in [6, 6.07) is 15.5. The maximum Gasteiger partial charge on any atom is 0.259 e. The van der Waals surface area contributed by atoms with Crippen molar-refractivity contribution in [2.75, 3.05) is 10.0 Å². The van der Waals surface area contributed by atoms with Crippen LogP contribution >= 0.6 is 0 Å². The molecule has 0 radical (unpaired) electrons. The van der Waals surface area contributed by atoms with Gasteiger partial charge in [0.15, 0.2) is 5.75 Å². The van der Waals surface area contributed by atoms with Crippen molar-refractivity contribution in [3.8, 4) is 11.5 Å². The maximum atomic E-state index is 13.8. The largest absolute Gasteiger partial charge is 0.454 e. The van der Waals surface area contributed by atoms with Gasteiger partial charge in [0.2, 0.25) is 10.0 Å². The molecular formula is C21H17FN2O4S. The second-order valence-electron chi connectivity index (χ2n) is 6.72. The summed E-state index contributed by atoms with van der Waals surface area (Å²) in [7, 11) is -3.89. The molecule has 29 heavy (non-hydrogen) atoms. The van der Waals surface area contributed by atoms with E-state index in [-0.39, 0.29) is 16.8 Å². The number of nitrogens with one attached hydrogen (secondary N) is 2. The monoisotopic (exact) mass is 412 g/mol. The van der Waals surface area contributed by atoms with Crippen molar-refractivity contribution in [3.05, 3.63) is 83.2 Å². The van der Waals surface area contributed by atoms with Gasteiger partial charge < -0.3 is 10.1 Å². The minimum absolute atomic E-state index is 0.0571. The quantitative estimate of drug-likeness (QED) is 0.664. The Balaban J connectivity index is 1.60. The lowest BCUT2D eigenvalue weighted by Gasteiger charge is -2.11. The summed E-state index contributed by atoms with van der Waals surface area (Å²) in [6.45, 7) is 1.90. The topological polar surface area (TPSA) is 84.5 Å². The van der Waals surface area contributed by atoms with Gasteiger partial charge in [0, 0.05) is 11.3 Å². The van der Waals surface area contributed by atoms with Crippen LogP contribution in [-0.4, -0.2) is 14.3 Å². The Morgan fingerprint density at radius 1 is 1.03 bits per heavy atom. The third-order valence-electron chi connectivity index (χ3n) is 4.40. The fraction of sp³-hybridized carbons (Fsp3) is 0.0952. The number of halogens is 1. The fourth-order valence-electron chi connectivity index (χ4n) is 3.03. The molecule has 148 valence electrons. The van der Waals surface area contributed by atoms with Gasteiger partial charge in [-0.05, 0) is 48.9 Å². The van der Waals surface area contributed by atoms with Gasteiger partial charge in [0.1, 0.15) is 11.6 Å². The number of benzene rings is 3. The van der Waals surface area contributed by atoms with Crippen molar-refractivity contribution < 1.29 is 22.3 Å². The van der Waals surface area contributed by atoms with E-state index in [0.29, 0.717) is 17.2 Å². The number of anilines is 2. The molecule has 1 aliphatic heterocycles. The zero-order valence-corrected chi connectivity index (χ0v) is 16.2. The van der Waals surface area contributed by atoms with Crippen LogP contribution in [0.1, 0.15) is 21.5 Å². The number of rotatable bonds is 4. The highest BCUT2D eigenvalue weighted by atomic mass is 32.2. The molecule has 0 aliphatic carbocycles. The van der Waals surface area contributed by atoms with Crippen LogP contribution in [-0.2, 0) is 15.8 Å². The van der Waals surface area contributed by atoms with Gasteiger partial charge in [-0.3, -0.25) is 9.52 Å². The normalized spacial score (nSPS) is 12.8. The fourth-order valence-corrected chi connectivity index (χ4v) is 4.24. The van der Waals surface area contributed by atoms with Gasteiger partial charge in [-0.2, -0.15) is 0 Å². The van der Waals surface area contributed by atoms with E-state index in [9.17, 15) is 17.6 Å². The Morgan fingerprint density at radius 2 is 1.79 bits per heavy atom. The smallest absolute Gasteiger partial charge is 0.259 e. The van der Waals surface area contributed by atoms with Crippen LogP contribution in [0.4, 0.5) is 15.8 Å². The Kier molecular flexibility index (Phi) is 4.71. The number of fused-ring (bicyclic) bond motifs is 2. The molecule has 0 atom stereocenters. The van der Waals surface area contributed by atoms with Crippen LogP contribution in [0.2, 0.25) is 0 Å². The number of carbonyl (C=O) groups excluding carboxylic acids is 1. The summed E-state index contributed by atoms with van der Waals surface area (Å²) in [4.78, 5) is 12.6. The lowest BCUT2D eigenvalue weighted by atomic mass is 10.1. The highest BCUT2D eigenvalue weighted by molar-refractivity contribution is 7.91. The molecule has 0 spiro atoms. The molecule has 1 heterocycles. The van der Waals surface area contributed by atoms with Gasteiger partial charge in [-0.1, -0.05) is 24.3 Å². The minimum atomic E-state index is -3.89. The molecule has 2 N–H and O–H groups in total. The predicted octanol–water partition coefficient (Wildman–Crippen LogP) is 4.43. The van der Waals surface area contributed by atoms with Gasteiger partial charge in [0.25, 0.3) is 5.91 Å². The molecule has 0 aromatic heterocycles. The van der Waals surface area contributed by atoms with E-state index in [4.69, 9.17) is 4.74 Å². The van der Waals surface area contributed by atoms with Crippen molar-refractivity contribution in [2.24, 2.45) is 0 Å². The van der Waals surface area contributed by atoms with E-state index in [2.05, 4.69) is 10.0 Å². The summed E-state index contributed by atoms with van der Waals surface area (Å²) in [5, 5.41) is 2.77. The second kappa shape index (κ2) is 7.21. The SMILES string of the molecule is Cc1ccc2c(c1)NC(=O)c1cc(NS(=O)(=O)Cc3ccccc3F)ccc1O2. The summed E-state index contributed by atoms with van der Waals surface area (Å²) in [5.41, 5.74) is 1.92. The third kappa shape index (κ3) is 4.07. The van der Waals surface area contributed by atoms with Crippen molar-refractivity contribution in [3.63, 3.8) is 0 Å². The van der Waals surface area contributed by atoms with E-state index in [1.807, 2.05) is 13.0 Å². The molecular weight excluding hydrogens is 395 g/mol. The van der Waals surface area contributed by atoms with Gasteiger partial charge in [0.05, 0.1) is 17.0 Å². The zero-order chi connectivity index (χ0) is 20.6. The van der Waals surface area contributed by atoms with Crippen LogP contribution in [0.3, 0.4) is 0 Å². The zero-order valence-electron chi connectivity index (χ0n) is 15.4. The number of ether oxygens (including phenoxy) is 1. The maximum absolute atomic E-state index is 13.8. The Bertz CT molecular complexity index is 1230. The molecule has 0 saturated heterocycles. The number of hydrogen-bond donors (Lipinski definition) is 2. The van der Waals surface area contributed by atoms with Gasteiger partial charge >= 0.3 is 0 Å². The highest BCUT2D eigenvalue weighted by Gasteiger charge is 2.22. The molecule has 8 heteroatoms. The molecule has 0 saturated carbocycles. The van der Waals surface area contributed by atoms with Crippen LogP contribution in [0.5, 0.6) is 11.5 Å². The number of sulfonamides is 1. The average molecular weight is 412 g/mol. The second-order valence-corrected chi connectivity index (χ2v) is 8.44. The van der Waals surface area contributed by atoms with Crippen molar-refractivity contribution in [1.29, 1.82) is 0 Å². The van der Waals surface area contributed by atoms with Crippen LogP contribution in [0.25, 0.3) is 0 Å². The lowest BCUT2D eigenvalue weighted by Crippen LogP contribution is -2.17. The molecule has 6 nitrogen and oxygen atoms in total. The average Bonchev–Trinajstić information content (AvgIpc) is 2.79. The summed E-state index contributed by atoms with van der Waals surface area (Å²) in [6.07, 6.45) is 0. The molecule has 3 aromatic carbocycles. The first-order valence-electron chi connectivity index (χ1n) is 8.78. The first-order chi connectivity index (χ1) is 13.8. The van der Waals surface area contributed by atoms with E-state index in [1.165, 1.54) is 36.4 Å². The summed E-state index contributed by atoms with van der Waals surface area (Å²) in [5.74, 6) is -0.734. The molecule has 1 aliphatic rings. The number of carbonyl (C=O) groups is 1. The highest BCUT2D eigenvalue weighted by Crippen LogP contribution is 2.37. The number of aryl methyl sites for hydroxylation is 1. The van der Waals surface area contributed by atoms with Crippen molar-refractivity contribution in [2.45, 2.75) is 12.7 Å². The molecule has 4 rings (SSSR count). The van der Waals surface area contributed by atoms with Crippen LogP contribution < -0.4 is 14.8 Å². The van der Waals surface area contributed by atoms with Gasteiger partial charge in [-0.25, -0.2) is 12.8 Å². The van der Waals surface area contributed by atoms with E-state index in [0.717, 1.165) is 5.56 Å². The molecule has 1 amide bonds. The van der Waals surface area contributed by atoms with Crippen LogP contribution in [0, 0.1) is 12.7 Å². The molecule has 0 unspecified atom stereocenters. The van der Waals surface area contributed by atoms with E-state index >= 15 is 0 Å². The Labute approximate surface area is 167 Å². The lowest BCUT2D eigenvalue weighted by molar-refractivity contribution is 0.102.